The number of hydrogen-bond donors (Lipinski definition) is 1. The highest BCUT2D eigenvalue weighted by Crippen LogP contribution is 2.23. The van der Waals surface area contributed by atoms with Crippen molar-refractivity contribution in [2.45, 2.75) is 19.0 Å². The van der Waals surface area contributed by atoms with Crippen LogP contribution >= 0.6 is 0 Å². The number of pyridine rings is 1. The highest BCUT2D eigenvalue weighted by Gasteiger charge is 2.27. The van der Waals surface area contributed by atoms with E-state index in [-0.39, 0.29) is 0 Å². The van der Waals surface area contributed by atoms with Crippen molar-refractivity contribution in [2.75, 3.05) is 59.4 Å². The molecule has 1 aromatic rings. The molecular weight excluding hydrogens is 274 g/mol. The highest BCUT2D eigenvalue weighted by molar-refractivity contribution is 5.15. The van der Waals surface area contributed by atoms with Crippen LogP contribution in [0, 0.1) is 0 Å². The third-order valence-corrected chi connectivity index (χ3v) is 4.94. The van der Waals surface area contributed by atoms with Gasteiger partial charge in [0.05, 0.1) is 0 Å². The fourth-order valence-corrected chi connectivity index (χ4v) is 3.53. The maximum Gasteiger partial charge on any atom is 0.0491 e. The Hall–Kier alpha value is -1.01. The molecule has 0 saturated carbocycles. The van der Waals surface area contributed by atoms with Gasteiger partial charge in [0.25, 0.3) is 0 Å². The quantitative estimate of drug-likeness (QED) is 0.884. The summed E-state index contributed by atoms with van der Waals surface area (Å²) in [5.41, 5.74) is 1.36. The lowest BCUT2D eigenvalue weighted by molar-refractivity contribution is 0.0834. The maximum absolute atomic E-state index is 4.36. The van der Waals surface area contributed by atoms with Crippen molar-refractivity contribution in [2.24, 2.45) is 0 Å². The SMILES string of the molecule is CC1CN(C(CN2CCN(C)CC2)c2cccnc2)CCN1. The summed E-state index contributed by atoms with van der Waals surface area (Å²) >= 11 is 0. The van der Waals surface area contributed by atoms with Crippen LogP contribution in [0.4, 0.5) is 0 Å². The average molecular weight is 303 g/mol. The summed E-state index contributed by atoms with van der Waals surface area (Å²) in [5.74, 6) is 0. The van der Waals surface area contributed by atoms with E-state index in [0.717, 1.165) is 26.2 Å². The summed E-state index contributed by atoms with van der Waals surface area (Å²) in [5, 5.41) is 3.55. The Balaban J connectivity index is 1.71. The number of rotatable bonds is 4. The molecule has 2 unspecified atom stereocenters. The van der Waals surface area contributed by atoms with E-state index in [1.54, 1.807) is 0 Å². The zero-order valence-corrected chi connectivity index (χ0v) is 13.9. The van der Waals surface area contributed by atoms with E-state index in [1.165, 1.54) is 31.7 Å². The van der Waals surface area contributed by atoms with Crippen LogP contribution in [-0.4, -0.2) is 85.1 Å². The van der Waals surface area contributed by atoms with E-state index in [9.17, 15) is 0 Å². The van der Waals surface area contributed by atoms with Gasteiger partial charge in [-0.25, -0.2) is 0 Å². The van der Waals surface area contributed by atoms with Crippen molar-refractivity contribution in [3.05, 3.63) is 30.1 Å². The van der Waals surface area contributed by atoms with Gasteiger partial charge in [0.1, 0.15) is 0 Å². The normalized spacial score (nSPS) is 26.9. The van der Waals surface area contributed by atoms with Gasteiger partial charge in [-0.2, -0.15) is 0 Å². The largest absolute Gasteiger partial charge is 0.312 e. The molecule has 0 radical (unpaired) electrons. The maximum atomic E-state index is 4.36. The minimum absolute atomic E-state index is 0.460. The Morgan fingerprint density at radius 1 is 1.27 bits per heavy atom. The molecule has 3 heterocycles. The first-order chi connectivity index (χ1) is 10.7. The Labute approximate surface area is 134 Å². The van der Waals surface area contributed by atoms with Crippen molar-refractivity contribution in [3.63, 3.8) is 0 Å². The third-order valence-electron chi connectivity index (χ3n) is 4.94. The minimum Gasteiger partial charge on any atom is -0.312 e. The van der Waals surface area contributed by atoms with Crippen LogP contribution < -0.4 is 5.32 Å². The van der Waals surface area contributed by atoms with Crippen LogP contribution in [0.15, 0.2) is 24.5 Å². The predicted octanol–water partition coefficient (Wildman–Crippen LogP) is 0.664. The van der Waals surface area contributed by atoms with E-state index >= 15 is 0 Å². The van der Waals surface area contributed by atoms with E-state index < -0.39 is 0 Å². The minimum atomic E-state index is 0.460. The monoisotopic (exact) mass is 303 g/mol. The molecule has 22 heavy (non-hydrogen) atoms. The molecule has 122 valence electrons. The molecule has 2 saturated heterocycles. The molecule has 0 bridgehead atoms. The van der Waals surface area contributed by atoms with Gasteiger partial charge in [0.15, 0.2) is 0 Å². The second-order valence-corrected chi connectivity index (χ2v) is 6.76. The molecule has 2 fully saturated rings. The van der Waals surface area contributed by atoms with Crippen molar-refractivity contribution in [1.82, 2.24) is 25.0 Å². The van der Waals surface area contributed by atoms with Gasteiger partial charge in [0.2, 0.25) is 0 Å². The van der Waals surface area contributed by atoms with Gasteiger partial charge in [0, 0.05) is 76.8 Å². The van der Waals surface area contributed by atoms with Gasteiger partial charge in [-0.3, -0.25) is 14.8 Å². The average Bonchev–Trinajstić information content (AvgIpc) is 2.55. The van der Waals surface area contributed by atoms with Crippen LogP contribution in [0.1, 0.15) is 18.5 Å². The van der Waals surface area contributed by atoms with Crippen molar-refractivity contribution in [3.8, 4) is 0 Å². The van der Waals surface area contributed by atoms with Crippen LogP contribution in [0.25, 0.3) is 0 Å². The first kappa shape index (κ1) is 15.9. The van der Waals surface area contributed by atoms with Gasteiger partial charge < -0.3 is 10.2 Å². The summed E-state index contributed by atoms with van der Waals surface area (Å²) in [6, 6.07) is 5.33. The van der Waals surface area contributed by atoms with Crippen LogP contribution in [0.5, 0.6) is 0 Å². The van der Waals surface area contributed by atoms with Crippen LogP contribution in [0.3, 0.4) is 0 Å². The zero-order valence-electron chi connectivity index (χ0n) is 13.9. The van der Waals surface area contributed by atoms with E-state index in [0.29, 0.717) is 12.1 Å². The summed E-state index contributed by atoms with van der Waals surface area (Å²) in [6.45, 7) is 11.4. The Morgan fingerprint density at radius 2 is 2.09 bits per heavy atom. The molecule has 1 aromatic heterocycles. The predicted molar refractivity (Wildman–Crippen MR) is 90.0 cm³/mol. The Bertz CT molecular complexity index is 444. The van der Waals surface area contributed by atoms with Crippen LogP contribution in [-0.2, 0) is 0 Å². The summed E-state index contributed by atoms with van der Waals surface area (Å²) < 4.78 is 0. The molecule has 5 heteroatoms. The van der Waals surface area contributed by atoms with Crippen molar-refractivity contribution < 1.29 is 0 Å². The molecule has 0 spiro atoms. The Morgan fingerprint density at radius 3 is 2.77 bits per heavy atom. The van der Waals surface area contributed by atoms with Gasteiger partial charge in [-0.05, 0) is 25.6 Å². The van der Waals surface area contributed by atoms with Crippen molar-refractivity contribution in [1.29, 1.82) is 0 Å². The van der Waals surface area contributed by atoms with Gasteiger partial charge in [-0.1, -0.05) is 6.07 Å². The Kier molecular flexibility index (Phi) is 5.41. The molecule has 2 atom stereocenters. The van der Waals surface area contributed by atoms with Gasteiger partial charge >= 0.3 is 0 Å². The molecule has 0 aromatic carbocycles. The number of nitrogens with zero attached hydrogens (tertiary/aromatic N) is 4. The lowest BCUT2D eigenvalue weighted by atomic mass is 10.0. The highest BCUT2D eigenvalue weighted by atomic mass is 15.3. The number of aromatic nitrogens is 1. The zero-order chi connectivity index (χ0) is 15.4. The fraction of sp³-hybridized carbons (Fsp3) is 0.706. The molecule has 3 rings (SSSR count). The molecule has 2 aliphatic heterocycles. The number of nitrogens with one attached hydrogen (secondary N) is 1. The van der Waals surface area contributed by atoms with E-state index in [2.05, 4.69) is 51.1 Å². The summed E-state index contributed by atoms with van der Waals surface area (Å²) in [6.07, 6.45) is 3.92. The molecule has 0 amide bonds. The van der Waals surface area contributed by atoms with Gasteiger partial charge in [-0.15, -0.1) is 0 Å². The number of piperazine rings is 2. The molecular formula is C17H29N5. The lowest BCUT2D eigenvalue weighted by Gasteiger charge is -2.41. The molecule has 2 aliphatic rings. The second-order valence-electron chi connectivity index (χ2n) is 6.76. The summed E-state index contributed by atoms with van der Waals surface area (Å²) in [4.78, 5) is 12.0. The molecule has 0 aliphatic carbocycles. The van der Waals surface area contributed by atoms with E-state index in [1.807, 2.05) is 12.4 Å². The first-order valence-corrected chi connectivity index (χ1v) is 8.50. The number of hydrogen-bond acceptors (Lipinski definition) is 5. The fourth-order valence-electron chi connectivity index (χ4n) is 3.53. The lowest BCUT2D eigenvalue weighted by Crippen LogP contribution is -2.53. The smallest absolute Gasteiger partial charge is 0.0491 e. The van der Waals surface area contributed by atoms with Crippen molar-refractivity contribution >= 4 is 0 Å². The van der Waals surface area contributed by atoms with Crippen LogP contribution in [0.2, 0.25) is 0 Å². The third kappa shape index (κ3) is 4.04. The molecule has 1 N–H and O–H groups in total. The summed E-state index contributed by atoms with van der Waals surface area (Å²) in [7, 11) is 2.22. The van der Waals surface area contributed by atoms with E-state index in [4.69, 9.17) is 0 Å². The number of likely N-dealkylation sites (N-methyl/N-ethyl adjacent to an activating group) is 1. The molecule has 5 nitrogen and oxygen atoms in total. The topological polar surface area (TPSA) is 34.6 Å². The first-order valence-electron chi connectivity index (χ1n) is 8.50. The second kappa shape index (κ2) is 7.51. The standard InChI is InChI=1S/C17H29N5/c1-15-13-22(7-6-19-15)17(16-4-3-5-18-12-16)14-21-10-8-20(2)9-11-21/h3-5,12,15,17,19H,6-11,13-14H2,1-2H3.